The molecule has 1 aromatic rings. The maximum Gasteiger partial charge on any atom is 0.113 e. The van der Waals surface area contributed by atoms with Crippen LogP contribution in [0.4, 0.5) is 4.39 Å². The third kappa shape index (κ3) is 5.28. The lowest BCUT2D eigenvalue weighted by Gasteiger charge is -2.06. The number of rotatable bonds is 6. The molecule has 0 aliphatic rings. The third-order valence-electron chi connectivity index (χ3n) is 2.11. The van der Waals surface area contributed by atoms with E-state index in [0.29, 0.717) is 19.0 Å². The van der Waals surface area contributed by atoms with Gasteiger partial charge in [-0.05, 0) is 24.1 Å². The van der Waals surface area contributed by atoms with E-state index in [-0.39, 0.29) is 6.61 Å². The van der Waals surface area contributed by atoms with Crippen molar-refractivity contribution in [3.63, 3.8) is 0 Å². The van der Waals surface area contributed by atoms with Crippen molar-refractivity contribution in [2.75, 3.05) is 13.3 Å². The molecule has 1 aromatic carbocycles. The van der Waals surface area contributed by atoms with Crippen molar-refractivity contribution in [2.45, 2.75) is 20.1 Å². The van der Waals surface area contributed by atoms with Gasteiger partial charge in [0.25, 0.3) is 0 Å². The highest BCUT2D eigenvalue weighted by molar-refractivity contribution is 9.10. The van der Waals surface area contributed by atoms with Crippen LogP contribution in [0.15, 0.2) is 27.7 Å². The first-order valence-corrected chi connectivity index (χ1v) is 6.10. The van der Waals surface area contributed by atoms with E-state index in [1.165, 1.54) is 0 Å². The zero-order chi connectivity index (χ0) is 12.7. The van der Waals surface area contributed by atoms with Gasteiger partial charge >= 0.3 is 0 Å². The summed E-state index contributed by atoms with van der Waals surface area (Å²) in [6.45, 7) is 2.40. The quantitative estimate of drug-likeness (QED) is 0.499. The smallest absolute Gasteiger partial charge is 0.113 e. The van der Waals surface area contributed by atoms with Gasteiger partial charge in [0.2, 0.25) is 0 Å². The number of hydrogen-bond donors (Lipinski definition) is 1. The number of halogens is 2. The van der Waals surface area contributed by atoms with Crippen molar-refractivity contribution in [2.24, 2.45) is 10.7 Å². The molecule has 0 spiro atoms. The van der Waals surface area contributed by atoms with Crippen LogP contribution in [-0.2, 0) is 17.9 Å². The molecule has 0 bridgehead atoms. The number of aliphatic imine (C=N–C) groups is 1. The normalized spacial score (nSPS) is 11.8. The average Bonchev–Trinajstić information content (AvgIpc) is 2.29. The Balaban J connectivity index is 2.62. The van der Waals surface area contributed by atoms with Crippen molar-refractivity contribution < 1.29 is 9.13 Å². The second-order valence-corrected chi connectivity index (χ2v) is 4.48. The lowest BCUT2D eigenvalue weighted by molar-refractivity contribution is 0.106. The molecule has 3 nitrogen and oxygen atoms in total. The maximum absolute atomic E-state index is 11.9. The molecule has 0 aliphatic heterocycles. The minimum atomic E-state index is -0.458. The van der Waals surface area contributed by atoms with Gasteiger partial charge < -0.3 is 10.5 Å². The van der Waals surface area contributed by atoms with E-state index in [0.717, 1.165) is 15.6 Å². The van der Waals surface area contributed by atoms with Crippen LogP contribution in [0.5, 0.6) is 0 Å². The summed E-state index contributed by atoms with van der Waals surface area (Å²) in [5.74, 6) is 0.566. The Hall–Kier alpha value is -0.940. The van der Waals surface area contributed by atoms with Crippen LogP contribution < -0.4 is 5.73 Å². The summed E-state index contributed by atoms with van der Waals surface area (Å²) in [5.41, 5.74) is 7.53. The van der Waals surface area contributed by atoms with E-state index in [1.54, 1.807) is 6.92 Å². The molecule has 0 saturated heterocycles. The van der Waals surface area contributed by atoms with Gasteiger partial charge in [-0.1, -0.05) is 28.1 Å². The van der Waals surface area contributed by atoms with Crippen LogP contribution >= 0.6 is 15.9 Å². The summed E-state index contributed by atoms with van der Waals surface area (Å²) in [6, 6.07) is 5.88. The second-order valence-electron chi connectivity index (χ2n) is 3.62. The van der Waals surface area contributed by atoms with Gasteiger partial charge in [-0.2, -0.15) is 0 Å². The summed E-state index contributed by atoms with van der Waals surface area (Å²) in [4.78, 5) is 4.13. The van der Waals surface area contributed by atoms with E-state index in [2.05, 4.69) is 20.9 Å². The largest absolute Gasteiger partial charge is 0.388 e. The molecule has 0 amide bonds. The Labute approximate surface area is 109 Å². The highest BCUT2D eigenvalue weighted by atomic mass is 79.9. The van der Waals surface area contributed by atoms with Crippen molar-refractivity contribution >= 4 is 21.8 Å². The minimum absolute atomic E-state index is 0.130. The Bertz CT molecular complexity index is 392. The second kappa shape index (κ2) is 7.40. The number of hydrogen-bond acceptors (Lipinski definition) is 2. The molecule has 0 unspecified atom stereocenters. The summed E-state index contributed by atoms with van der Waals surface area (Å²) >= 11 is 3.45. The predicted molar refractivity (Wildman–Crippen MR) is 70.8 cm³/mol. The Kier molecular flexibility index (Phi) is 6.15. The van der Waals surface area contributed by atoms with Gasteiger partial charge in [0.1, 0.15) is 6.67 Å². The van der Waals surface area contributed by atoms with Crippen LogP contribution in [0.25, 0.3) is 0 Å². The van der Waals surface area contributed by atoms with Crippen LogP contribution in [-0.4, -0.2) is 19.1 Å². The highest BCUT2D eigenvalue weighted by Crippen LogP contribution is 2.20. The molecular formula is C12H16BrFN2O. The molecule has 0 radical (unpaired) electrons. The van der Waals surface area contributed by atoms with Crippen LogP contribution in [0.3, 0.4) is 0 Å². The SMILES string of the molecule is CC(N)=NCc1ccc(COCC[18F])c(Br)c1. The Morgan fingerprint density at radius 3 is 2.88 bits per heavy atom. The summed E-state index contributed by atoms with van der Waals surface area (Å²) < 4.78 is 18.0. The predicted octanol–water partition coefficient (Wildman–Crippen LogP) is 2.81. The van der Waals surface area contributed by atoms with Crippen LogP contribution in [0.1, 0.15) is 18.1 Å². The van der Waals surface area contributed by atoms with Crippen molar-refractivity contribution in [3.05, 3.63) is 33.8 Å². The molecule has 0 heterocycles. The first-order chi connectivity index (χ1) is 8.13. The third-order valence-corrected chi connectivity index (χ3v) is 2.85. The molecule has 2 N–H and O–H groups in total. The average molecular weight is 302 g/mol. The van der Waals surface area contributed by atoms with E-state index in [4.69, 9.17) is 10.5 Å². The molecular weight excluding hydrogens is 286 g/mol. The van der Waals surface area contributed by atoms with Crippen molar-refractivity contribution in [1.82, 2.24) is 0 Å². The summed E-state index contributed by atoms with van der Waals surface area (Å²) in [6.07, 6.45) is 0. The number of ether oxygens (including phenoxy) is 1. The zero-order valence-corrected chi connectivity index (χ0v) is 11.3. The first kappa shape index (κ1) is 14.1. The van der Waals surface area contributed by atoms with Gasteiger partial charge in [0.05, 0.1) is 25.6 Å². The van der Waals surface area contributed by atoms with E-state index < -0.39 is 6.67 Å². The number of nitrogens with zero attached hydrogens (tertiary/aromatic N) is 1. The lowest BCUT2D eigenvalue weighted by Crippen LogP contribution is -2.05. The van der Waals surface area contributed by atoms with Crippen LogP contribution in [0.2, 0.25) is 0 Å². The maximum atomic E-state index is 11.9. The van der Waals surface area contributed by atoms with Gasteiger partial charge in [-0.3, -0.25) is 4.99 Å². The Morgan fingerprint density at radius 2 is 2.29 bits per heavy atom. The van der Waals surface area contributed by atoms with Crippen LogP contribution in [0, 0.1) is 0 Å². The van der Waals surface area contributed by atoms with Gasteiger partial charge in [0, 0.05) is 4.47 Å². The number of alkyl halides is 1. The minimum Gasteiger partial charge on any atom is -0.388 e. The summed E-state index contributed by atoms with van der Waals surface area (Å²) in [5, 5.41) is 0. The number of amidine groups is 1. The molecule has 0 saturated carbocycles. The fraction of sp³-hybridized carbons (Fsp3) is 0.417. The molecule has 0 atom stereocenters. The highest BCUT2D eigenvalue weighted by Gasteiger charge is 2.01. The van der Waals surface area contributed by atoms with Gasteiger partial charge in [-0.15, -0.1) is 0 Å². The molecule has 0 aromatic heterocycles. The van der Waals surface area contributed by atoms with E-state index in [1.807, 2.05) is 18.2 Å². The topological polar surface area (TPSA) is 47.6 Å². The molecule has 17 heavy (non-hydrogen) atoms. The molecule has 1 rings (SSSR count). The first-order valence-electron chi connectivity index (χ1n) is 5.31. The van der Waals surface area contributed by atoms with Gasteiger partial charge in [-0.25, -0.2) is 4.39 Å². The zero-order valence-electron chi connectivity index (χ0n) is 9.75. The number of nitrogens with two attached hydrogens (primary N) is 1. The summed E-state index contributed by atoms with van der Waals surface area (Å²) in [7, 11) is 0. The van der Waals surface area contributed by atoms with E-state index >= 15 is 0 Å². The van der Waals surface area contributed by atoms with Gasteiger partial charge in [0.15, 0.2) is 0 Å². The Morgan fingerprint density at radius 1 is 1.53 bits per heavy atom. The molecule has 94 valence electrons. The van der Waals surface area contributed by atoms with Crippen molar-refractivity contribution in [1.29, 1.82) is 0 Å². The molecule has 0 aliphatic carbocycles. The van der Waals surface area contributed by atoms with E-state index in [9.17, 15) is 4.39 Å². The van der Waals surface area contributed by atoms with Crippen molar-refractivity contribution in [3.8, 4) is 0 Å². The fourth-order valence-electron chi connectivity index (χ4n) is 1.26. The monoisotopic (exact) mass is 301 g/mol. The molecule has 5 heteroatoms. The standard InChI is InChI=1S/C12H16BrFN2O/c1-9(15)16-7-10-2-3-11(12(13)6-10)8-17-5-4-14/h2-3,6H,4-5,7-8H2,1H3,(H2,15,16)/i14-1. The fourth-order valence-corrected chi connectivity index (χ4v) is 1.80. The number of benzene rings is 1. The molecule has 0 fully saturated rings. The lowest BCUT2D eigenvalue weighted by atomic mass is 10.1.